The molecule has 2 aromatic rings. The van der Waals surface area contributed by atoms with E-state index < -0.39 is 129 Å². The summed E-state index contributed by atoms with van der Waals surface area (Å²) in [6, 6.07) is 13.6. The fraction of sp³-hybridized carbons (Fsp3) is 0.659. The zero-order chi connectivity index (χ0) is 53.1. The van der Waals surface area contributed by atoms with Gasteiger partial charge in [0.2, 0.25) is 0 Å². The van der Waals surface area contributed by atoms with E-state index in [1.807, 2.05) is 60.7 Å². The van der Waals surface area contributed by atoms with Crippen molar-refractivity contribution in [3.05, 3.63) is 124 Å². The smallest absolute Gasteiger partial charge is 0.410 e. The van der Waals surface area contributed by atoms with Crippen molar-refractivity contribution >= 4 is 18.0 Å². The number of carbonyl (C=O) groups excluding carboxylic acids is 3. The van der Waals surface area contributed by atoms with Crippen LogP contribution in [-0.4, -0.2) is 152 Å². The average molecular weight is 1030 g/mol. The molecular formula is C44H56N16O14. The fourth-order valence-corrected chi connectivity index (χ4v) is 9.34. The van der Waals surface area contributed by atoms with Crippen LogP contribution >= 0.6 is 0 Å². The molecule has 6 rings (SSSR count). The number of benzene rings is 2. The number of ether oxygens (including phenoxy) is 10. The predicted molar refractivity (Wildman–Crippen MR) is 252 cm³/mol. The van der Waals surface area contributed by atoms with E-state index >= 15 is 0 Å². The minimum atomic E-state index is -1.73. The van der Waals surface area contributed by atoms with Crippen LogP contribution in [0.3, 0.4) is 0 Å². The molecule has 1 amide bonds. The summed E-state index contributed by atoms with van der Waals surface area (Å²) in [6.45, 7) is 3.52. The van der Waals surface area contributed by atoms with Crippen molar-refractivity contribution in [2.24, 2.45) is 25.6 Å². The lowest BCUT2D eigenvalue weighted by atomic mass is 9.84. The first-order valence-electron chi connectivity index (χ1n) is 23.5. The number of nitrogens with zero attached hydrogens (tertiary/aromatic N) is 16. The van der Waals surface area contributed by atoms with Crippen LogP contribution in [0.1, 0.15) is 57.6 Å². The molecule has 0 spiro atoms. The molecule has 17 atom stereocenters. The summed E-state index contributed by atoms with van der Waals surface area (Å²) in [5, 5.41) is 31.2. The third kappa shape index (κ3) is 14.6. The summed E-state index contributed by atoms with van der Waals surface area (Å²) in [5.41, 5.74) is 49.6. The summed E-state index contributed by atoms with van der Waals surface area (Å²) < 4.78 is 60.9. The second-order valence-corrected chi connectivity index (χ2v) is 17.4. The average Bonchev–Trinajstić information content (AvgIpc) is 3.68. The highest BCUT2D eigenvalue weighted by Crippen LogP contribution is 2.39. The molecule has 0 radical (unpaired) electrons. The number of esters is 2. The Morgan fingerprint density at radius 1 is 0.662 bits per heavy atom. The Balaban J connectivity index is 1.29. The number of amides is 1. The van der Waals surface area contributed by atoms with Gasteiger partial charge in [0.25, 0.3) is 0 Å². The molecule has 3 aliphatic heterocycles. The quantitative estimate of drug-likeness (QED) is 0.0407. The molecule has 30 nitrogen and oxygen atoms in total. The van der Waals surface area contributed by atoms with Gasteiger partial charge >= 0.3 is 18.0 Å². The lowest BCUT2D eigenvalue weighted by Crippen LogP contribution is -2.62. The number of methoxy groups -OCH3 is 1. The Kier molecular flexibility index (Phi) is 21.1. The molecule has 4 aliphatic rings. The van der Waals surface area contributed by atoms with E-state index in [-0.39, 0.29) is 39.0 Å². The summed E-state index contributed by atoms with van der Waals surface area (Å²) in [7, 11) is 1.30. The number of aliphatic hydroxyl groups excluding tert-OH is 1. The number of rotatable bonds is 22. The number of carbonyl (C=O) groups is 3. The van der Waals surface area contributed by atoms with Gasteiger partial charge in [-0.2, -0.15) is 0 Å². The first-order chi connectivity index (χ1) is 35.9. The van der Waals surface area contributed by atoms with Gasteiger partial charge < -0.3 is 57.4 Å². The van der Waals surface area contributed by atoms with Crippen LogP contribution in [0.15, 0.2) is 86.2 Å². The fourth-order valence-electron chi connectivity index (χ4n) is 9.34. The van der Waals surface area contributed by atoms with E-state index in [0.29, 0.717) is 6.42 Å². The monoisotopic (exact) mass is 1030 g/mol. The molecule has 74 heavy (non-hydrogen) atoms. The Hall–Kier alpha value is -7.12. The maximum absolute atomic E-state index is 13.8. The summed E-state index contributed by atoms with van der Waals surface area (Å²) in [6.07, 6.45) is -17.9. The van der Waals surface area contributed by atoms with Crippen molar-refractivity contribution in [2.75, 3.05) is 20.2 Å². The third-order valence-corrected chi connectivity index (χ3v) is 12.6. The molecule has 17 unspecified atom stereocenters. The number of azide groups is 5. The molecule has 0 aromatic heterocycles. The second-order valence-electron chi connectivity index (χ2n) is 17.4. The van der Waals surface area contributed by atoms with Gasteiger partial charge in [-0.3, -0.25) is 9.59 Å². The van der Waals surface area contributed by atoms with Gasteiger partial charge in [0.15, 0.2) is 31.1 Å². The lowest BCUT2D eigenvalue weighted by molar-refractivity contribution is -0.292. The Morgan fingerprint density at radius 3 is 1.85 bits per heavy atom. The second kappa shape index (κ2) is 27.8. The minimum Gasteiger partial charge on any atom is -0.458 e. The van der Waals surface area contributed by atoms with Crippen LogP contribution < -0.4 is 0 Å². The molecule has 1 aliphatic carbocycles. The molecule has 2 aromatic carbocycles. The van der Waals surface area contributed by atoms with Gasteiger partial charge in [-0.15, -0.1) is 0 Å². The van der Waals surface area contributed by atoms with Gasteiger partial charge in [0, 0.05) is 52.1 Å². The molecule has 1 N–H and O–H groups in total. The molecule has 1 saturated carbocycles. The normalized spacial score (nSPS) is 32.3. The Labute approximate surface area is 422 Å². The van der Waals surface area contributed by atoms with Crippen molar-refractivity contribution in [1.29, 1.82) is 0 Å². The van der Waals surface area contributed by atoms with Crippen molar-refractivity contribution < 1.29 is 66.9 Å². The lowest BCUT2D eigenvalue weighted by Gasteiger charge is -2.46. The van der Waals surface area contributed by atoms with Crippen LogP contribution in [0, 0.1) is 0 Å². The van der Waals surface area contributed by atoms with Gasteiger partial charge in [-0.25, -0.2) is 4.79 Å². The van der Waals surface area contributed by atoms with Crippen LogP contribution in [-0.2, 0) is 70.1 Å². The highest BCUT2D eigenvalue weighted by molar-refractivity contribution is 5.68. The standard InChI is InChI=1S/C44H56N16O14/c1-5-31-37(73-42-33(54-59-49)39(68-24(3)62)38(67-23(2)61)32(71-42)19-50-55-45)34(63)43(70-31)74-40-35(65-4)29(52-57-47)18-30(53-58-48)36(40)72-41-28(51-56-46)17-16-27(69-41)21-60(20-25-12-8-6-9-13-25)44(64)66-22-26-14-10-7-11-15-26/h6-15,27-43,63H,5,16-22H2,1-4H3. The van der Waals surface area contributed by atoms with Crippen molar-refractivity contribution in [3.8, 4) is 0 Å². The van der Waals surface area contributed by atoms with E-state index in [1.54, 1.807) is 6.92 Å². The Bertz CT molecular complexity index is 2460. The van der Waals surface area contributed by atoms with Crippen molar-refractivity contribution in [3.63, 3.8) is 0 Å². The van der Waals surface area contributed by atoms with Gasteiger partial charge in [-0.05, 0) is 64.5 Å². The van der Waals surface area contributed by atoms with Crippen LogP contribution in [0.2, 0.25) is 0 Å². The van der Waals surface area contributed by atoms with Crippen LogP contribution in [0.5, 0.6) is 0 Å². The predicted octanol–water partition coefficient (Wildman–Crippen LogP) is 7.01. The van der Waals surface area contributed by atoms with E-state index in [1.165, 1.54) is 12.0 Å². The maximum Gasteiger partial charge on any atom is 0.410 e. The topological polar surface area (TPSA) is 411 Å². The van der Waals surface area contributed by atoms with Gasteiger partial charge in [0.1, 0.15) is 37.1 Å². The Morgan fingerprint density at radius 2 is 1.24 bits per heavy atom. The number of aliphatic hydroxyl groups is 1. The minimum absolute atomic E-state index is 0.000845. The van der Waals surface area contributed by atoms with E-state index in [0.717, 1.165) is 25.0 Å². The largest absolute Gasteiger partial charge is 0.458 e. The zero-order valence-electron chi connectivity index (χ0n) is 40.7. The van der Waals surface area contributed by atoms with Crippen molar-refractivity contribution in [2.45, 2.75) is 164 Å². The molecule has 4 fully saturated rings. The van der Waals surface area contributed by atoms with Gasteiger partial charge in [-0.1, -0.05) is 93.2 Å². The van der Waals surface area contributed by atoms with Crippen LogP contribution in [0.4, 0.5) is 4.79 Å². The zero-order valence-corrected chi connectivity index (χ0v) is 40.7. The SMILES string of the molecule is CCC1OC(OC2C(OC)C(N=[N+]=[N-])CC(N=[N+]=[N-])C2OC2OC(CN(Cc3ccccc3)C(=O)OCc3ccccc3)CCC2N=[N+]=[N-])C(O)C1OC1OC(CN=[N+]=[N-])C(OC(C)=O)C(OC(C)=O)C1N=[N+]=[N-]. The highest BCUT2D eigenvalue weighted by atomic mass is 16.8. The summed E-state index contributed by atoms with van der Waals surface area (Å²) >= 11 is 0. The first kappa shape index (κ1) is 56.2. The van der Waals surface area contributed by atoms with Gasteiger partial charge in [0.05, 0.1) is 55.6 Å². The molecule has 3 heterocycles. The summed E-state index contributed by atoms with van der Waals surface area (Å²) in [4.78, 5) is 54.5. The first-order valence-corrected chi connectivity index (χ1v) is 23.5. The third-order valence-electron chi connectivity index (χ3n) is 12.6. The number of hydrogen-bond donors (Lipinski definition) is 1. The molecular weight excluding hydrogens is 977 g/mol. The van der Waals surface area contributed by atoms with Crippen molar-refractivity contribution in [1.82, 2.24) is 4.90 Å². The molecule has 0 bridgehead atoms. The molecule has 3 saturated heterocycles. The van der Waals surface area contributed by atoms with E-state index in [2.05, 4.69) is 50.1 Å². The molecule has 30 heteroatoms. The summed E-state index contributed by atoms with van der Waals surface area (Å²) in [5.74, 6) is -1.70. The molecule has 396 valence electrons. The maximum atomic E-state index is 13.8. The van der Waals surface area contributed by atoms with E-state index in [9.17, 15) is 41.6 Å². The van der Waals surface area contributed by atoms with Crippen LogP contribution in [0.25, 0.3) is 52.2 Å². The van der Waals surface area contributed by atoms with E-state index in [4.69, 9.17) is 52.9 Å². The highest BCUT2D eigenvalue weighted by Gasteiger charge is 2.56. The number of hydrogen-bond acceptors (Lipinski definition) is 19.